The van der Waals surface area contributed by atoms with Gasteiger partial charge >= 0.3 is 12.1 Å². The first-order valence-corrected chi connectivity index (χ1v) is 11.3. The van der Waals surface area contributed by atoms with E-state index in [0.29, 0.717) is 49.7 Å². The largest absolute Gasteiger partial charge is 0.468 e. The van der Waals surface area contributed by atoms with Crippen LogP contribution in [0.5, 0.6) is 0 Å². The Morgan fingerprint density at radius 1 is 1.06 bits per heavy atom. The van der Waals surface area contributed by atoms with Crippen LogP contribution in [-0.4, -0.2) is 84.1 Å². The highest BCUT2D eigenvalue weighted by molar-refractivity contribution is 6.31. The van der Waals surface area contributed by atoms with Gasteiger partial charge in [0.25, 0.3) is 0 Å². The second kappa shape index (κ2) is 10.1. The van der Waals surface area contributed by atoms with Crippen molar-refractivity contribution in [3.8, 4) is 0 Å². The molecule has 3 rings (SSSR count). The topological polar surface area (TPSA) is 79.4 Å². The van der Waals surface area contributed by atoms with Crippen LogP contribution in [0.2, 0.25) is 5.02 Å². The van der Waals surface area contributed by atoms with Gasteiger partial charge in [-0.05, 0) is 45.2 Å². The van der Waals surface area contributed by atoms with Crippen LogP contribution in [0.4, 0.5) is 4.79 Å². The summed E-state index contributed by atoms with van der Waals surface area (Å²) in [5.41, 5.74) is 0.0771. The van der Waals surface area contributed by atoms with E-state index in [1.165, 1.54) is 7.11 Å². The van der Waals surface area contributed by atoms with Crippen LogP contribution >= 0.6 is 11.6 Å². The summed E-state index contributed by atoms with van der Waals surface area (Å²) in [6.07, 6.45) is 0.950. The zero-order chi connectivity index (χ0) is 23.5. The molecule has 2 heterocycles. The minimum Gasteiger partial charge on any atom is -0.468 e. The van der Waals surface area contributed by atoms with Gasteiger partial charge in [0.1, 0.15) is 17.7 Å². The van der Waals surface area contributed by atoms with E-state index in [9.17, 15) is 14.4 Å². The van der Waals surface area contributed by atoms with Crippen molar-refractivity contribution >= 4 is 29.6 Å². The lowest BCUT2D eigenvalue weighted by molar-refractivity contribution is -0.149. The predicted octanol–water partition coefficient (Wildman–Crippen LogP) is 3.10. The fourth-order valence-corrected chi connectivity index (χ4v) is 4.49. The number of likely N-dealkylation sites (tertiary alicyclic amines) is 1. The summed E-state index contributed by atoms with van der Waals surface area (Å²) in [7, 11) is 1.36. The molecule has 0 spiro atoms. The summed E-state index contributed by atoms with van der Waals surface area (Å²) in [6.45, 7) is 7.86. The standard InChI is InChI=1S/C23H32ClN3O5/c1-23(2,3)32-22(30)27-11-7-10-18(27)20(28)26-14-12-25(13-15-26)19(21(29)31-4)16-8-5-6-9-17(16)24/h5-6,8-9,18-19H,7,10-15H2,1-4H3/t18-,19?/m0/s1. The van der Waals surface area contributed by atoms with E-state index >= 15 is 0 Å². The number of carbonyl (C=O) groups excluding carboxylic acids is 3. The predicted molar refractivity (Wildman–Crippen MR) is 120 cm³/mol. The molecule has 2 aliphatic rings. The molecular formula is C23H32ClN3O5. The number of ether oxygens (including phenoxy) is 2. The Kier molecular flexibility index (Phi) is 7.67. The summed E-state index contributed by atoms with van der Waals surface area (Å²) in [5.74, 6) is -0.454. The Hall–Kier alpha value is -2.32. The lowest BCUT2D eigenvalue weighted by atomic mass is 10.0. The first-order valence-electron chi connectivity index (χ1n) is 11.0. The summed E-state index contributed by atoms with van der Waals surface area (Å²) in [5, 5.41) is 0.500. The quantitative estimate of drug-likeness (QED) is 0.636. The van der Waals surface area contributed by atoms with Crippen molar-refractivity contribution in [3.63, 3.8) is 0 Å². The number of methoxy groups -OCH3 is 1. The highest BCUT2D eigenvalue weighted by Gasteiger charge is 2.40. The monoisotopic (exact) mass is 465 g/mol. The average molecular weight is 466 g/mol. The molecular weight excluding hydrogens is 434 g/mol. The molecule has 32 heavy (non-hydrogen) atoms. The van der Waals surface area contributed by atoms with Crippen molar-refractivity contribution in [1.29, 1.82) is 0 Å². The molecule has 2 saturated heterocycles. The molecule has 0 N–H and O–H groups in total. The molecule has 0 radical (unpaired) electrons. The lowest BCUT2D eigenvalue weighted by Gasteiger charge is -2.40. The van der Waals surface area contributed by atoms with Crippen LogP contribution in [0.1, 0.15) is 45.2 Å². The number of benzene rings is 1. The van der Waals surface area contributed by atoms with E-state index in [4.69, 9.17) is 21.1 Å². The van der Waals surface area contributed by atoms with Crippen LogP contribution in [0.3, 0.4) is 0 Å². The number of amides is 2. The molecule has 2 atom stereocenters. The lowest BCUT2D eigenvalue weighted by Crippen LogP contribution is -2.55. The average Bonchev–Trinajstić information content (AvgIpc) is 3.24. The number of carbonyl (C=O) groups is 3. The normalized spacial score (nSPS) is 20.7. The van der Waals surface area contributed by atoms with E-state index in [2.05, 4.69) is 0 Å². The van der Waals surface area contributed by atoms with Crippen molar-refractivity contribution in [2.75, 3.05) is 39.8 Å². The number of hydrogen-bond acceptors (Lipinski definition) is 6. The summed E-state index contributed by atoms with van der Waals surface area (Å²) in [4.78, 5) is 43.6. The number of piperazine rings is 1. The zero-order valence-electron chi connectivity index (χ0n) is 19.2. The minimum absolute atomic E-state index is 0.0691. The van der Waals surface area contributed by atoms with Gasteiger partial charge in [-0.25, -0.2) is 9.59 Å². The van der Waals surface area contributed by atoms with Crippen molar-refractivity contribution < 1.29 is 23.9 Å². The molecule has 2 amide bonds. The third-order valence-corrected chi connectivity index (χ3v) is 6.13. The van der Waals surface area contributed by atoms with Gasteiger partial charge in [-0.1, -0.05) is 29.8 Å². The second-order valence-electron chi connectivity index (χ2n) is 9.14. The molecule has 2 aliphatic heterocycles. The number of halogens is 1. The van der Waals surface area contributed by atoms with Gasteiger partial charge in [-0.15, -0.1) is 0 Å². The third-order valence-electron chi connectivity index (χ3n) is 5.78. The molecule has 2 fully saturated rings. The highest BCUT2D eigenvalue weighted by Crippen LogP contribution is 2.30. The molecule has 8 nitrogen and oxygen atoms in total. The molecule has 176 valence electrons. The number of nitrogens with zero attached hydrogens (tertiary/aromatic N) is 3. The van der Waals surface area contributed by atoms with Crippen molar-refractivity contribution in [3.05, 3.63) is 34.9 Å². The minimum atomic E-state index is -0.629. The van der Waals surface area contributed by atoms with Gasteiger partial charge in [0.05, 0.1) is 7.11 Å². The Balaban J connectivity index is 1.66. The van der Waals surface area contributed by atoms with Crippen molar-refractivity contribution in [2.24, 2.45) is 0 Å². The van der Waals surface area contributed by atoms with Crippen LogP contribution < -0.4 is 0 Å². The smallest absolute Gasteiger partial charge is 0.410 e. The maximum atomic E-state index is 13.2. The molecule has 0 aliphatic carbocycles. The van der Waals surface area contributed by atoms with Gasteiger partial charge in [-0.2, -0.15) is 0 Å². The first-order chi connectivity index (χ1) is 15.1. The van der Waals surface area contributed by atoms with Gasteiger partial charge in [0, 0.05) is 37.7 Å². The van der Waals surface area contributed by atoms with Crippen LogP contribution in [0.25, 0.3) is 0 Å². The molecule has 9 heteroatoms. The Labute approximate surface area is 194 Å². The van der Waals surface area contributed by atoms with E-state index in [1.54, 1.807) is 15.9 Å². The van der Waals surface area contributed by atoms with Crippen LogP contribution in [-0.2, 0) is 19.1 Å². The Bertz CT molecular complexity index is 848. The van der Waals surface area contributed by atoms with Gasteiger partial charge in [0.2, 0.25) is 5.91 Å². The fourth-order valence-electron chi connectivity index (χ4n) is 4.25. The summed E-state index contributed by atoms with van der Waals surface area (Å²) in [6, 6.07) is 6.08. The molecule has 0 bridgehead atoms. The molecule has 1 unspecified atom stereocenters. The Morgan fingerprint density at radius 2 is 1.72 bits per heavy atom. The first kappa shape index (κ1) is 24.3. The van der Waals surface area contributed by atoms with E-state index < -0.39 is 23.8 Å². The number of hydrogen-bond donors (Lipinski definition) is 0. The fraction of sp³-hybridized carbons (Fsp3) is 0.609. The Morgan fingerprint density at radius 3 is 2.31 bits per heavy atom. The summed E-state index contributed by atoms with van der Waals surface area (Å²) >= 11 is 6.35. The van der Waals surface area contributed by atoms with Crippen LogP contribution in [0.15, 0.2) is 24.3 Å². The van der Waals surface area contributed by atoms with E-state index in [-0.39, 0.29) is 11.9 Å². The molecule has 1 aromatic rings. The van der Waals surface area contributed by atoms with E-state index in [0.717, 1.165) is 6.42 Å². The SMILES string of the molecule is COC(=O)C(c1ccccc1Cl)N1CCN(C(=O)[C@@H]2CCCN2C(=O)OC(C)(C)C)CC1. The highest BCUT2D eigenvalue weighted by atomic mass is 35.5. The van der Waals surface area contributed by atoms with Gasteiger partial charge in [0.15, 0.2) is 0 Å². The zero-order valence-corrected chi connectivity index (χ0v) is 19.9. The van der Waals surface area contributed by atoms with Crippen molar-refractivity contribution in [1.82, 2.24) is 14.7 Å². The number of rotatable bonds is 4. The molecule has 0 aromatic heterocycles. The maximum Gasteiger partial charge on any atom is 0.410 e. The maximum absolute atomic E-state index is 13.2. The number of esters is 1. The summed E-state index contributed by atoms with van der Waals surface area (Å²) < 4.78 is 10.5. The third kappa shape index (κ3) is 5.53. The second-order valence-corrected chi connectivity index (χ2v) is 9.55. The van der Waals surface area contributed by atoms with Gasteiger partial charge < -0.3 is 14.4 Å². The van der Waals surface area contributed by atoms with Crippen LogP contribution in [0, 0.1) is 0 Å². The van der Waals surface area contributed by atoms with Crippen molar-refractivity contribution in [2.45, 2.75) is 51.3 Å². The van der Waals surface area contributed by atoms with Gasteiger partial charge in [-0.3, -0.25) is 14.6 Å². The molecule has 0 saturated carbocycles. The molecule has 1 aromatic carbocycles. The van der Waals surface area contributed by atoms with E-state index in [1.807, 2.05) is 43.9 Å².